The molecule has 0 aliphatic rings. The van der Waals surface area contributed by atoms with Crippen molar-refractivity contribution in [2.75, 3.05) is 6.54 Å². The maximum absolute atomic E-state index is 11.8. The summed E-state index contributed by atoms with van der Waals surface area (Å²) in [6, 6.07) is -2.15. The van der Waals surface area contributed by atoms with E-state index in [0.717, 1.165) is 0 Å². The van der Waals surface area contributed by atoms with Gasteiger partial charge in [0.1, 0.15) is 6.04 Å². The second-order valence-corrected chi connectivity index (χ2v) is 5.07. The van der Waals surface area contributed by atoms with Crippen molar-refractivity contribution >= 4 is 23.7 Å². The van der Waals surface area contributed by atoms with Crippen molar-refractivity contribution in [1.82, 2.24) is 20.6 Å². The van der Waals surface area contributed by atoms with Crippen molar-refractivity contribution in [3.63, 3.8) is 0 Å². The molecule has 2 unspecified atom stereocenters. The maximum atomic E-state index is 11.8. The van der Waals surface area contributed by atoms with Crippen LogP contribution in [0.25, 0.3) is 0 Å². The minimum Gasteiger partial charge on any atom is -0.480 e. The van der Waals surface area contributed by atoms with E-state index in [-0.39, 0.29) is 19.3 Å². The molecule has 0 saturated carbocycles. The molecule has 11 heteroatoms. The lowest BCUT2D eigenvalue weighted by Crippen LogP contribution is -2.49. The van der Waals surface area contributed by atoms with Crippen molar-refractivity contribution < 1.29 is 24.3 Å². The standard InChI is InChI=1S/C13H20N6O5/c14-8(3-7-4-16-6-18-7)12(22)17-5-11(21)19-9(13(23)24)1-2-10(15)20/h4,6,8-9H,1-3,5,14H2,(H2,15,20)(H,16,18)(H,17,22)(H,19,21)(H,23,24). The Labute approximate surface area is 137 Å². The van der Waals surface area contributed by atoms with E-state index in [4.69, 9.17) is 16.6 Å². The first-order valence-corrected chi connectivity index (χ1v) is 7.10. The quantitative estimate of drug-likeness (QED) is 0.265. The van der Waals surface area contributed by atoms with E-state index in [1.165, 1.54) is 12.5 Å². The summed E-state index contributed by atoms with van der Waals surface area (Å²) >= 11 is 0. The third-order valence-electron chi connectivity index (χ3n) is 3.07. The lowest BCUT2D eigenvalue weighted by atomic mass is 10.1. The Morgan fingerprint density at radius 3 is 2.58 bits per heavy atom. The number of aliphatic carboxylic acids is 1. The third-order valence-corrected chi connectivity index (χ3v) is 3.07. The van der Waals surface area contributed by atoms with Gasteiger partial charge in [-0.1, -0.05) is 0 Å². The number of amides is 3. The fourth-order valence-electron chi connectivity index (χ4n) is 1.81. The fraction of sp³-hybridized carbons (Fsp3) is 0.462. The number of aromatic nitrogens is 2. The minimum atomic E-state index is -1.30. The molecule has 1 heterocycles. The zero-order valence-electron chi connectivity index (χ0n) is 12.8. The molecule has 3 amide bonds. The number of nitrogens with one attached hydrogen (secondary N) is 3. The zero-order chi connectivity index (χ0) is 18.1. The smallest absolute Gasteiger partial charge is 0.326 e. The third kappa shape index (κ3) is 6.87. The van der Waals surface area contributed by atoms with Crippen LogP contribution in [0.4, 0.5) is 0 Å². The van der Waals surface area contributed by atoms with E-state index in [1.54, 1.807) is 0 Å². The van der Waals surface area contributed by atoms with Crippen LogP contribution in [0.2, 0.25) is 0 Å². The van der Waals surface area contributed by atoms with E-state index in [0.29, 0.717) is 5.69 Å². The van der Waals surface area contributed by atoms with E-state index < -0.39 is 42.3 Å². The Bertz CT molecular complexity index is 588. The number of hydrogen-bond acceptors (Lipinski definition) is 6. The van der Waals surface area contributed by atoms with Crippen LogP contribution in [-0.2, 0) is 25.6 Å². The first kappa shape index (κ1) is 19.1. The van der Waals surface area contributed by atoms with Crippen molar-refractivity contribution in [3.8, 4) is 0 Å². The highest BCUT2D eigenvalue weighted by atomic mass is 16.4. The molecule has 0 radical (unpaired) electrons. The number of aromatic amines is 1. The number of rotatable bonds is 10. The highest BCUT2D eigenvalue weighted by Crippen LogP contribution is 1.98. The molecule has 0 bridgehead atoms. The number of carboxylic acids is 1. The number of nitrogens with two attached hydrogens (primary N) is 2. The summed E-state index contributed by atoms with van der Waals surface area (Å²) in [4.78, 5) is 51.7. The van der Waals surface area contributed by atoms with Crippen molar-refractivity contribution in [2.24, 2.45) is 11.5 Å². The summed E-state index contributed by atoms with van der Waals surface area (Å²) in [6.45, 7) is -0.435. The van der Waals surface area contributed by atoms with Gasteiger partial charge in [-0.05, 0) is 6.42 Å². The van der Waals surface area contributed by atoms with Crippen LogP contribution in [0.1, 0.15) is 18.5 Å². The number of carboxylic acid groups (broad SMARTS) is 1. The summed E-state index contributed by atoms with van der Waals surface area (Å²) in [6.07, 6.45) is 2.87. The molecule has 0 aliphatic carbocycles. The van der Waals surface area contributed by atoms with Gasteiger partial charge in [-0.25, -0.2) is 9.78 Å². The van der Waals surface area contributed by atoms with Gasteiger partial charge in [-0.15, -0.1) is 0 Å². The molecule has 0 saturated heterocycles. The molecule has 0 fully saturated rings. The summed E-state index contributed by atoms with van der Waals surface area (Å²) in [5.74, 6) is -3.25. The molecule has 1 rings (SSSR count). The summed E-state index contributed by atoms with van der Waals surface area (Å²) in [7, 11) is 0. The van der Waals surface area contributed by atoms with Crippen LogP contribution < -0.4 is 22.1 Å². The molecule has 2 atom stereocenters. The Kier molecular flexibility index (Phi) is 7.36. The van der Waals surface area contributed by atoms with Gasteiger partial charge in [0.2, 0.25) is 17.7 Å². The monoisotopic (exact) mass is 340 g/mol. The van der Waals surface area contributed by atoms with Crippen molar-refractivity contribution in [2.45, 2.75) is 31.3 Å². The van der Waals surface area contributed by atoms with Crippen LogP contribution in [0, 0.1) is 0 Å². The van der Waals surface area contributed by atoms with Crippen molar-refractivity contribution in [3.05, 3.63) is 18.2 Å². The highest BCUT2D eigenvalue weighted by Gasteiger charge is 2.21. The highest BCUT2D eigenvalue weighted by molar-refractivity contribution is 5.89. The average Bonchev–Trinajstić information content (AvgIpc) is 3.01. The number of primary amides is 1. The summed E-state index contributed by atoms with van der Waals surface area (Å²) < 4.78 is 0. The van der Waals surface area contributed by atoms with Gasteiger partial charge in [0.15, 0.2) is 0 Å². The van der Waals surface area contributed by atoms with E-state index in [2.05, 4.69) is 20.6 Å². The molecule has 0 aromatic carbocycles. The molecule has 1 aromatic rings. The van der Waals surface area contributed by atoms with E-state index in [9.17, 15) is 19.2 Å². The van der Waals surface area contributed by atoms with Gasteiger partial charge in [-0.2, -0.15) is 0 Å². The molecule has 132 valence electrons. The predicted octanol–water partition coefficient (Wildman–Crippen LogP) is -2.77. The maximum Gasteiger partial charge on any atom is 0.326 e. The summed E-state index contributed by atoms with van der Waals surface area (Å²) in [5, 5.41) is 13.5. The number of carbonyl (C=O) groups excluding carboxylic acids is 3. The molecular weight excluding hydrogens is 320 g/mol. The number of carbonyl (C=O) groups is 4. The molecule has 24 heavy (non-hydrogen) atoms. The second-order valence-electron chi connectivity index (χ2n) is 5.07. The minimum absolute atomic E-state index is 0.135. The van der Waals surface area contributed by atoms with Gasteiger partial charge in [0.25, 0.3) is 0 Å². The zero-order valence-corrected chi connectivity index (χ0v) is 12.8. The Morgan fingerprint density at radius 2 is 2.04 bits per heavy atom. The van der Waals surface area contributed by atoms with Gasteiger partial charge < -0.3 is 32.2 Å². The molecule has 11 nitrogen and oxygen atoms in total. The first-order chi connectivity index (χ1) is 11.3. The Balaban J connectivity index is 2.38. The molecular formula is C13H20N6O5. The fourth-order valence-corrected chi connectivity index (χ4v) is 1.81. The lowest BCUT2D eigenvalue weighted by Gasteiger charge is -2.15. The topological polar surface area (TPSA) is 193 Å². The number of H-pyrrole nitrogens is 1. The van der Waals surface area contributed by atoms with Crippen molar-refractivity contribution in [1.29, 1.82) is 0 Å². The van der Waals surface area contributed by atoms with Crippen LogP contribution >= 0.6 is 0 Å². The second kappa shape index (κ2) is 9.25. The normalized spacial score (nSPS) is 12.9. The summed E-state index contributed by atoms with van der Waals surface area (Å²) in [5.41, 5.74) is 11.3. The lowest BCUT2D eigenvalue weighted by molar-refractivity contribution is -0.142. The number of hydrogen-bond donors (Lipinski definition) is 6. The van der Waals surface area contributed by atoms with E-state index >= 15 is 0 Å². The van der Waals surface area contributed by atoms with Gasteiger partial charge in [-0.3, -0.25) is 14.4 Å². The van der Waals surface area contributed by atoms with Crippen LogP contribution in [0.5, 0.6) is 0 Å². The predicted molar refractivity (Wildman–Crippen MR) is 81.3 cm³/mol. The van der Waals surface area contributed by atoms with Crippen LogP contribution in [0.15, 0.2) is 12.5 Å². The molecule has 8 N–H and O–H groups in total. The SMILES string of the molecule is NC(=O)CCC(NC(=O)CNC(=O)C(N)Cc1cnc[nH]1)C(=O)O. The Hall–Kier alpha value is -2.95. The van der Waals surface area contributed by atoms with E-state index in [1.807, 2.05) is 0 Å². The Morgan fingerprint density at radius 1 is 1.33 bits per heavy atom. The van der Waals surface area contributed by atoms with Crippen LogP contribution in [0.3, 0.4) is 0 Å². The van der Waals surface area contributed by atoms with Crippen LogP contribution in [-0.4, -0.2) is 57.4 Å². The molecule has 0 spiro atoms. The number of nitrogens with zero attached hydrogens (tertiary/aromatic N) is 1. The molecule has 0 aliphatic heterocycles. The van der Waals surface area contributed by atoms with Gasteiger partial charge in [0.05, 0.1) is 18.9 Å². The largest absolute Gasteiger partial charge is 0.480 e. The molecule has 1 aromatic heterocycles. The van der Waals surface area contributed by atoms with Gasteiger partial charge >= 0.3 is 5.97 Å². The number of imidazole rings is 1. The average molecular weight is 340 g/mol. The first-order valence-electron chi connectivity index (χ1n) is 7.10. The van der Waals surface area contributed by atoms with Gasteiger partial charge in [0, 0.05) is 24.7 Å².